The fourth-order valence-electron chi connectivity index (χ4n) is 1.77. The van der Waals surface area contributed by atoms with Crippen LogP contribution in [0.5, 0.6) is 0 Å². The van der Waals surface area contributed by atoms with Gasteiger partial charge < -0.3 is 14.6 Å². The summed E-state index contributed by atoms with van der Waals surface area (Å²) >= 11 is 0. The van der Waals surface area contributed by atoms with E-state index in [1.807, 2.05) is 0 Å². The van der Waals surface area contributed by atoms with Gasteiger partial charge in [0, 0.05) is 13.5 Å². The van der Waals surface area contributed by atoms with Crippen LogP contribution in [0.2, 0.25) is 0 Å². The molecule has 5 nitrogen and oxygen atoms in total. The van der Waals surface area contributed by atoms with Crippen molar-refractivity contribution in [3.05, 3.63) is 11.7 Å². The van der Waals surface area contributed by atoms with Crippen molar-refractivity contribution in [2.45, 2.75) is 31.7 Å². The molecule has 1 aliphatic rings. The van der Waals surface area contributed by atoms with Gasteiger partial charge in [0.05, 0.1) is 12.6 Å². The van der Waals surface area contributed by atoms with E-state index in [0.29, 0.717) is 13.0 Å². The molecule has 0 aliphatic carbocycles. The first-order valence-corrected chi connectivity index (χ1v) is 5.45. The third kappa shape index (κ3) is 2.76. The van der Waals surface area contributed by atoms with Crippen LogP contribution in [0, 0.1) is 0 Å². The van der Waals surface area contributed by atoms with Gasteiger partial charge in [0.1, 0.15) is 0 Å². The largest absolute Gasteiger partial charge is 0.384 e. The molecule has 5 heteroatoms. The van der Waals surface area contributed by atoms with Crippen LogP contribution in [0.25, 0.3) is 0 Å². The summed E-state index contributed by atoms with van der Waals surface area (Å²) in [6, 6.07) is 0.252. The van der Waals surface area contributed by atoms with Crippen molar-refractivity contribution in [2.75, 3.05) is 20.3 Å². The summed E-state index contributed by atoms with van der Waals surface area (Å²) in [6.45, 7) is 1.68. The molecule has 1 fully saturated rings. The van der Waals surface area contributed by atoms with Gasteiger partial charge >= 0.3 is 0 Å². The fraction of sp³-hybridized carbons (Fsp3) is 0.800. The molecule has 0 saturated carbocycles. The Balaban J connectivity index is 1.93. The molecular weight excluding hydrogens is 194 g/mol. The summed E-state index contributed by atoms with van der Waals surface area (Å²) in [6.07, 6.45) is 4.27. The number of piperidine rings is 1. The lowest BCUT2D eigenvalue weighted by Gasteiger charge is -2.19. The number of nitrogens with zero attached hydrogens (tertiary/aromatic N) is 2. The van der Waals surface area contributed by atoms with Gasteiger partial charge in [-0.1, -0.05) is 11.6 Å². The van der Waals surface area contributed by atoms with Gasteiger partial charge in [-0.2, -0.15) is 4.98 Å². The summed E-state index contributed by atoms with van der Waals surface area (Å²) in [5, 5.41) is 7.30. The van der Waals surface area contributed by atoms with Gasteiger partial charge in [-0.15, -0.1) is 0 Å². The highest BCUT2D eigenvalue weighted by Gasteiger charge is 2.20. The Bertz CT molecular complexity index is 295. The zero-order valence-corrected chi connectivity index (χ0v) is 9.03. The summed E-state index contributed by atoms with van der Waals surface area (Å²) in [5.41, 5.74) is 0. The highest BCUT2D eigenvalue weighted by molar-refractivity contribution is 4.94. The van der Waals surface area contributed by atoms with Crippen molar-refractivity contribution >= 4 is 0 Å². The lowest BCUT2D eigenvalue weighted by atomic mass is 10.1. The molecule has 2 rings (SSSR count). The van der Waals surface area contributed by atoms with Crippen LogP contribution in [-0.4, -0.2) is 30.4 Å². The van der Waals surface area contributed by atoms with E-state index in [-0.39, 0.29) is 6.04 Å². The summed E-state index contributed by atoms with van der Waals surface area (Å²) in [5.74, 6) is 1.46. The molecule has 0 radical (unpaired) electrons. The maximum absolute atomic E-state index is 5.22. The number of hydrogen-bond donors (Lipinski definition) is 1. The number of aromatic nitrogens is 2. The minimum absolute atomic E-state index is 0.252. The number of methoxy groups -OCH3 is 1. The Hall–Kier alpha value is -0.940. The van der Waals surface area contributed by atoms with E-state index in [9.17, 15) is 0 Å². The zero-order valence-electron chi connectivity index (χ0n) is 9.03. The molecule has 1 aromatic rings. The van der Waals surface area contributed by atoms with E-state index in [0.717, 1.165) is 24.7 Å². The van der Waals surface area contributed by atoms with Gasteiger partial charge in [-0.05, 0) is 19.4 Å². The molecule has 0 unspecified atom stereocenters. The highest BCUT2D eigenvalue weighted by atomic mass is 16.5. The molecule has 2 heterocycles. The Morgan fingerprint density at radius 3 is 3.20 bits per heavy atom. The lowest BCUT2D eigenvalue weighted by Crippen LogP contribution is -2.27. The van der Waals surface area contributed by atoms with E-state index < -0.39 is 0 Å². The molecule has 0 aromatic carbocycles. The molecule has 1 saturated heterocycles. The normalized spacial score (nSPS) is 21.8. The van der Waals surface area contributed by atoms with Crippen molar-refractivity contribution in [3.8, 4) is 0 Å². The van der Waals surface area contributed by atoms with Crippen LogP contribution in [0.3, 0.4) is 0 Å². The Labute approximate surface area is 89.2 Å². The average Bonchev–Trinajstić information content (AvgIpc) is 2.76. The van der Waals surface area contributed by atoms with Gasteiger partial charge in [0.25, 0.3) is 0 Å². The zero-order chi connectivity index (χ0) is 10.5. The molecule has 1 aliphatic heterocycles. The second-order valence-corrected chi connectivity index (χ2v) is 3.79. The van der Waals surface area contributed by atoms with Crippen LogP contribution in [-0.2, 0) is 11.2 Å². The molecule has 1 atom stereocenters. The lowest BCUT2D eigenvalue weighted by molar-refractivity contribution is 0.199. The molecule has 1 N–H and O–H groups in total. The van der Waals surface area contributed by atoms with Gasteiger partial charge in [-0.3, -0.25) is 0 Å². The minimum Gasteiger partial charge on any atom is -0.384 e. The van der Waals surface area contributed by atoms with Crippen molar-refractivity contribution in [1.82, 2.24) is 15.5 Å². The summed E-state index contributed by atoms with van der Waals surface area (Å²) < 4.78 is 10.2. The molecule has 0 bridgehead atoms. The van der Waals surface area contributed by atoms with Gasteiger partial charge in [0.15, 0.2) is 5.82 Å². The molecule has 15 heavy (non-hydrogen) atoms. The monoisotopic (exact) mass is 211 g/mol. The number of nitrogens with one attached hydrogen (secondary N) is 1. The van der Waals surface area contributed by atoms with E-state index in [4.69, 9.17) is 9.26 Å². The molecular formula is C10H17N3O2. The Kier molecular flexibility index (Phi) is 3.69. The van der Waals surface area contributed by atoms with Crippen molar-refractivity contribution < 1.29 is 9.26 Å². The number of hydrogen-bond acceptors (Lipinski definition) is 5. The fourth-order valence-corrected chi connectivity index (χ4v) is 1.77. The smallest absolute Gasteiger partial charge is 0.243 e. The standard InChI is InChI=1S/C10H17N3O2/c1-14-7-5-9-12-10(15-13-9)8-4-2-3-6-11-8/h8,11H,2-7H2,1H3/t8-/m1/s1. The van der Waals surface area contributed by atoms with Crippen LogP contribution < -0.4 is 5.32 Å². The first-order valence-electron chi connectivity index (χ1n) is 5.45. The minimum atomic E-state index is 0.252. The van der Waals surface area contributed by atoms with E-state index in [1.54, 1.807) is 7.11 Å². The van der Waals surface area contributed by atoms with Crippen molar-refractivity contribution in [1.29, 1.82) is 0 Å². The first kappa shape index (κ1) is 10.6. The number of ether oxygens (including phenoxy) is 1. The van der Waals surface area contributed by atoms with Crippen LogP contribution >= 0.6 is 0 Å². The first-order chi connectivity index (χ1) is 7.40. The highest BCUT2D eigenvalue weighted by Crippen LogP contribution is 2.21. The third-order valence-electron chi connectivity index (χ3n) is 2.62. The van der Waals surface area contributed by atoms with E-state index in [1.165, 1.54) is 12.8 Å². The van der Waals surface area contributed by atoms with Crippen LogP contribution in [0.4, 0.5) is 0 Å². The Morgan fingerprint density at radius 2 is 2.47 bits per heavy atom. The topological polar surface area (TPSA) is 60.2 Å². The van der Waals surface area contributed by atoms with E-state index >= 15 is 0 Å². The number of rotatable bonds is 4. The van der Waals surface area contributed by atoms with Crippen molar-refractivity contribution in [2.24, 2.45) is 0 Å². The molecule has 1 aromatic heterocycles. The Morgan fingerprint density at radius 1 is 1.53 bits per heavy atom. The predicted octanol–water partition coefficient (Wildman–Crippen LogP) is 1.07. The maximum atomic E-state index is 5.22. The predicted molar refractivity (Wildman–Crippen MR) is 54.5 cm³/mol. The van der Waals surface area contributed by atoms with Crippen LogP contribution in [0.15, 0.2) is 4.52 Å². The second kappa shape index (κ2) is 5.23. The third-order valence-corrected chi connectivity index (χ3v) is 2.62. The maximum Gasteiger partial charge on any atom is 0.243 e. The van der Waals surface area contributed by atoms with Crippen LogP contribution in [0.1, 0.15) is 37.0 Å². The van der Waals surface area contributed by atoms with Crippen molar-refractivity contribution in [3.63, 3.8) is 0 Å². The summed E-state index contributed by atoms with van der Waals surface area (Å²) in [4.78, 5) is 4.35. The van der Waals surface area contributed by atoms with Gasteiger partial charge in [0.2, 0.25) is 5.89 Å². The molecule has 0 spiro atoms. The van der Waals surface area contributed by atoms with Gasteiger partial charge in [-0.25, -0.2) is 0 Å². The SMILES string of the molecule is COCCc1noc([C@H]2CCCCN2)n1. The summed E-state index contributed by atoms with van der Waals surface area (Å²) in [7, 11) is 1.67. The van der Waals surface area contributed by atoms with E-state index in [2.05, 4.69) is 15.5 Å². The second-order valence-electron chi connectivity index (χ2n) is 3.79. The molecule has 0 amide bonds. The molecule has 84 valence electrons. The quantitative estimate of drug-likeness (QED) is 0.807. The average molecular weight is 211 g/mol.